The Labute approximate surface area is 101 Å². The average molecular weight is 231 g/mol. The number of hydroxylamine groups is 1. The first-order valence-corrected chi connectivity index (χ1v) is 5.82. The van der Waals surface area contributed by atoms with Gasteiger partial charge >= 0.3 is 0 Å². The van der Waals surface area contributed by atoms with E-state index in [4.69, 9.17) is 4.84 Å². The highest BCUT2D eigenvalue weighted by atomic mass is 16.6. The minimum atomic E-state index is -0.550. The number of rotatable bonds is 5. The Morgan fingerprint density at radius 2 is 1.94 bits per heavy atom. The molecule has 0 saturated heterocycles. The lowest BCUT2D eigenvalue weighted by molar-refractivity contribution is 0.0209. The third kappa shape index (κ3) is 3.03. The van der Waals surface area contributed by atoms with Crippen LogP contribution in [0.4, 0.5) is 0 Å². The van der Waals surface area contributed by atoms with Crippen LogP contribution in [-0.2, 0) is 4.84 Å². The lowest BCUT2D eigenvalue weighted by Crippen LogP contribution is -2.21. The predicted molar refractivity (Wildman–Crippen MR) is 68.5 cm³/mol. The molecule has 0 fully saturated rings. The van der Waals surface area contributed by atoms with Gasteiger partial charge in [-0.15, -0.1) is 0 Å². The Morgan fingerprint density at radius 1 is 1.18 bits per heavy atom. The molecule has 0 aliphatic carbocycles. The molecular formula is C14H17NO2. The minimum Gasteiger partial charge on any atom is -0.387 e. The molecule has 2 aromatic carbocycles. The third-order valence-electron chi connectivity index (χ3n) is 2.68. The fourth-order valence-electron chi connectivity index (χ4n) is 1.77. The summed E-state index contributed by atoms with van der Waals surface area (Å²) < 4.78 is 0. The van der Waals surface area contributed by atoms with Gasteiger partial charge in [0.05, 0.1) is 19.3 Å². The van der Waals surface area contributed by atoms with Gasteiger partial charge in [0.25, 0.3) is 0 Å². The molecule has 0 saturated carbocycles. The first-order chi connectivity index (χ1) is 8.31. The Kier molecular flexibility index (Phi) is 4.09. The summed E-state index contributed by atoms with van der Waals surface area (Å²) in [4.78, 5) is 5.00. The molecule has 3 nitrogen and oxygen atoms in total. The maximum absolute atomic E-state index is 9.96. The number of hydrogen-bond acceptors (Lipinski definition) is 3. The number of fused-ring (bicyclic) bond motifs is 1. The summed E-state index contributed by atoms with van der Waals surface area (Å²) in [6.07, 6.45) is -0.550. The maximum atomic E-state index is 9.96. The number of aliphatic hydroxyl groups excluding tert-OH is 1. The van der Waals surface area contributed by atoms with E-state index in [1.807, 2.05) is 43.3 Å². The molecule has 0 heterocycles. The zero-order valence-corrected chi connectivity index (χ0v) is 9.89. The van der Waals surface area contributed by atoms with Crippen molar-refractivity contribution in [1.82, 2.24) is 5.48 Å². The van der Waals surface area contributed by atoms with Crippen molar-refractivity contribution in [2.45, 2.75) is 13.0 Å². The van der Waals surface area contributed by atoms with Gasteiger partial charge < -0.3 is 9.94 Å². The lowest BCUT2D eigenvalue weighted by atomic mass is 10.0. The molecule has 17 heavy (non-hydrogen) atoms. The van der Waals surface area contributed by atoms with E-state index in [1.54, 1.807) is 0 Å². The molecule has 0 aliphatic heterocycles. The van der Waals surface area contributed by atoms with E-state index >= 15 is 0 Å². The van der Waals surface area contributed by atoms with Crippen LogP contribution < -0.4 is 5.48 Å². The number of aliphatic hydroxyl groups is 1. The van der Waals surface area contributed by atoms with Gasteiger partial charge in [0.2, 0.25) is 0 Å². The van der Waals surface area contributed by atoms with Crippen LogP contribution in [-0.4, -0.2) is 18.3 Å². The lowest BCUT2D eigenvalue weighted by Gasteiger charge is -2.12. The normalized spacial score (nSPS) is 12.8. The van der Waals surface area contributed by atoms with Gasteiger partial charge in [0, 0.05) is 0 Å². The van der Waals surface area contributed by atoms with Crippen LogP contribution >= 0.6 is 0 Å². The summed E-state index contributed by atoms with van der Waals surface area (Å²) in [5.41, 5.74) is 3.63. The Hall–Kier alpha value is -1.42. The van der Waals surface area contributed by atoms with Crippen molar-refractivity contribution in [3.8, 4) is 0 Å². The maximum Gasteiger partial charge on any atom is 0.0937 e. The zero-order valence-electron chi connectivity index (χ0n) is 9.89. The first-order valence-electron chi connectivity index (χ1n) is 5.82. The predicted octanol–water partition coefficient (Wildman–Crippen LogP) is 2.41. The summed E-state index contributed by atoms with van der Waals surface area (Å²) >= 11 is 0. The van der Waals surface area contributed by atoms with E-state index in [1.165, 1.54) is 5.39 Å². The second-order valence-corrected chi connectivity index (χ2v) is 3.90. The van der Waals surface area contributed by atoms with Crippen molar-refractivity contribution in [2.24, 2.45) is 0 Å². The van der Waals surface area contributed by atoms with Gasteiger partial charge in [-0.2, -0.15) is 5.48 Å². The smallest absolute Gasteiger partial charge is 0.0937 e. The van der Waals surface area contributed by atoms with Gasteiger partial charge in [-0.3, -0.25) is 0 Å². The van der Waals surface area contributed by atoms with E-state index in [0.29, 0.717) is 13.2 Å². The van der Waals surface area contributed by atoms with Crippen molar-refractivity contribution in [3.05, 3.63) is 48.0 Å². The van der Waals surface area contributed by atoms with Crippen LogP contribution in [0.1, 0.15) is 18.6 Å². The van der Waals surface area contributed by atoms with E-state index < -0.39 is 6.10 Å². The summed E-state index contributed by atoms with van der Waals surface area (Å²) in [7, 11) is 0. The topological polar surface area (TPSA) is 41.5 Å². The molecule has 0 spiro atoms. The molecule has 0 bridgehead atoms. The van der Waals surface area contributed by atoms with E-state index in [0.717, 1.165) is 10.9 Å². The van der Waals surface area contributed by atoms with Gasteiger partial charge in [0.1, 0.15) is 0 Å². The highest BCUT2D eigenvalue weighted by Gasteiger charge is 2.07. The van der Waals surface area contributed by atoms with Crippen LogP contribution in [0.2, 0.25) is 0 Å². The van der Waals surface area contributed by atoms with E-state index in [-0.39, 0.29) is 0 Å². The third-order valence-corrected chi connectivity index (χ3v) is 2.68. The molecular weight excluding hydrogens is 214 g/mol. The van der Waals surface area contributed by atoms with Gasteiger partial charge in [-0.25, -0.2) is 0 Å². The largest absolute Gasteiger partial charge is 0.387 e. The second-order valence-electron chi connectivity index (χ2n) is 3.90. The minimum absolute atomic E-state index is 0.395. The molecule has 90 valence electrons. The van der Waals surface area contributed by atoms with Crippen molar-refractivity contribution in [1.29, 1.82) is 0 Å². The highest BCUT2D eigenvalue weighted by Crippen LogP contribution is 2.19. The molecule has 1 atom stereocenters. The summed E-state index contributed by atoms with van der Waals surface area (Å²) in [6.45, 7) is 2.88. The van der Waals surface area contributed by atoms with Gasteiger partial charge in [-0.05, 0) is 29.3 Å². The monoisotopic (exact) mass is 231 g/mol. The quantitative estimate of drug-likeness (QED) is 0.613. The van der Waals surface area contributed by atoms with Crippen LogP contribution in [0.3, 0.4) is 0 Å². The Balaban J connectivity index is 2.12. The van der Waals surface area contributed by atoms with Gasteiger partial charge in [0.15, 0.2) is 0 Å². The number of hydrogen-bond donors (Lipinski definition) is 2. The summed E-state index contributed by atoms with van der Waals surface area (Å²) in [5, 5.41) is 12.3. The van der Waals surface area contributed by atoms with E-state index in [9.17, 15) is 5.11 Å². The molecule has 0 radical (unpaired) electrons. The number of benzene rings is 2. The molecule has 2 N–H and O–H groups in total. The van der Waals surface area contributed by atoms with Crippen molar-refractivity contribution < 1.29 is 9.94 Å². The molecule has 0 aromatic heterocycles. The molecule has 2 rings (SSSR count). The first kappa shape index (κ1) is 12.0. The Morgan fingerprint density at radius 3 is 2.71 bits per heavy atom. The summed E-state index contributed by atoms with van der Waals surface area (Å²) in [6, 6.07) is 14.1. The summed E-state index contributed by atoms with van der Waals surface area (Å²) in [5.74, 6) is 0. The van der Waals surface area contributed by atoms with Gasteiger partial charge in [-0.1, -0.05) is 36.4 Å². The number of nitrogens with one attached hydrogen (secondary N) is 1. The molecule has 2 aromatic rings. The van der Waals surface area contributed by atoms with Crippen LogP contribution in [0.15, 0.2) is 42.5 Å². The van der Waals surface area contributed by atoms with Crippen LogP contribution in [0.5, 0.6) is 0 Å². The SMILES string of the molecule is CCONCC(O)c1ccc2ccccc2c1. The Bertz CT molecular complexity index is 484. The zero-order chi connectivity index (χ0) is 12.1. The van der Waals surface area contributed by atoms with E-state index in [2.05, 4.69) is 11.5 Å². The second kappa shape index (κ2) is 5.77. The standard InChI is InChI=1S/C14H17NO2/c1-2-17-15-10-14(16)13-8-7-11-5-3-4-6-12(11)9-13/h3-9,14-16H,2,10H2,1H3. The fraction of sp³-hybridized carbons (Fsp3) is 0.286. The molecule has 1 unspecified atom stereocenters. The fourth-order valence-corrected chi connectivity index (χ4v) is 1.77. The van der Waals surface area contributed by atoms with Crippen LogP contribution in [0.25, 0.3) is 10.8 Å². The molecule has 0 amide bonds. The van der Waals surface area contributed by atoms with Crippen LogP contribution in [0, 0.1) is 0 Å². The molecule has 3 heteroatoms. The highest BCUT2D eigenvalue weighted by molar-refractivity contribution is 5.83. The molecule has 0 aliphatic rings. The average Bonchev–Trinajstić information content (AvgIpc) is 2.38. The van der Waals surface area contributed by atoms with Crippen molar-refractivity contribution in [2.75, 3.05) is 13.2 Å². The van der Waals surface area contributed by atoms with Crippen molar-refractivity contribution >= 4 is 10.8 Å². The van der Waals surface area contributed by atoms with Crippen molar-refractivity contribution in [3.63, 3.8) is 0 Å².